The van der Waals surface area contributed by atoms with Gasteiger partial charge in [0.2, 0.25) is 11.9 Å². The highest BCUT2D eigenvalue weighted by atomic mass is 16.5. The Labute approximate surface area is 267 Å². The minimum atomic E-state index is -0.218. The van der Waals surface area contributed by atoms with Gasteiger partial charge in [-0.25, -0.2) is 4.99 Å². The van der Waals surface area contributed by atoms with Crippen molar-refractivity contribution in [3.63, 3.8) is 0 Å². The molecule has 1 N–H and O–H groups in total. The number of piperidine rings is 1. The highest BCUT2D eigenvalue weighted by molar-refractivity contribution is 6.01. The molecule has 1 fully saturated rings. The Bertz CT molecular complexity index is 1580. The number of methoxy groups -OCH3 is 1. The van der Waals surface area contributed by atoms with Gasteiger partial charge in [0, 0.05) is 37.9 Å². The number of carbonyl (C=O) groups is 1. The van der Waals surface area contributed by atoms with Gasteiger partial charge >= 0.3 is 0 Å². The van der Waals surface area contributed by atoms with Crippen LogP contribution < -0.4 is 15.0 Å². The van der Waals surface area contributed by atoms with Crippen LogP contribution in [0, 0.1) is 0 Å². The molecule has 1 unspecified atom stereocenters. The van der Waals surface area contributed by atoms with Crippen molar-refractivity contribution < 1.29 is 9.53 Å². The van der Waals surface area contributed by atoms with E-state index in [1.165, 1.54) is 24.8 Å². The minimum Gasteiger partial charge on any atom is -0.497 e. The Balaban J connectivity index is 1.29. The number of hydrogen-bond acceptors (Lipinski definition) is 6. The van der Waals surface area contributed by atoms with Crippen molar-refractivity contribution in [2.75, 3.05) is 45.2 Å². The topological polar surface area (TPSA) is 60.4 Å². The standard InChI is InChI=1S/C38H43N5O2/c1-41(25-26-42-23-9-4-10-24-42)38-40-35-14-8-7-13-34(35)36(27-37(44)39-28-29-15-21-33(45-2)22-16-29)43(38)32-19-17-31(18-20-32)30-11-5-3-6-12-30/h3,5-8,11-22,36H,4,9-10,23-28H2,1-2H3,(H,39,44). The van der Waals surface area contributed by atoms with Crippen LogP contribution in [0.25, 0.3) is 11.1 Å². The average Bonchev–Trinajstić information content (AvgIpc) is 3.10. The van der Waals surface area contributed by atoms with Gasteiger partial charge in [-0.3, -0.25) is 4.79 Å². The molecule has 2 heterocycles. The van der Waals surface area contributed by atoms with Crippen LogP contribution in [0.15, 0.2) is 108 Å². The SMILES string of the molecule is COc1ccc(CNC(=O)CC2c3ccccc3N=C(N(C)CCN3CCCCC3)N2c2ccc(-c3ccccc3)cc2)cc1. The number of likely N-dealkylation sites (tertiary alicyclic amines) is 1. The van der Waals surface area contributed by atoms with E-state index in [0.29, 0.717) is 13.0 Å². The molecule has 2 aliphatic rings. The van der Waals surface area contributed by atoms with E-state index >= 15 is 0 Å². The van der Waals surface area contributed by atoms with E-state index in [1.54, 1.807) is 7.11 Å². The summed E-state index contributed by atoms with van der Waals surface area (Å²) in [5, 5.41) is 3.16. The number of anilines is 1. The number of amides is 1. The first-order chi connectivity index (χ1) is 22.1. The van der Waals surface area contributed by atoms with Crippen LogP contribution in [0.2, 0.25) is 0 Å². The third-order valence-corrected chi connectivity index (χ3v) is 8.87. The Morgan fingerprint density at radius 2 is 1.56 bits per heavy atom. The van der Waals surface area contributed by atoms with E-state index < -0.39 is 0 Å². The largest absolute Gasteiger partial charge is 0.497 e. The van der Waals surface area contributed by atoms with E-state index in [1.807, 2.05) is 42.5 Å². The maximum absolute atomic E-state index is 13.6. The third kappa shape index (κ3) is 7.37. The molecule has 0 radical (unpaired) electrons. The van der Waals surface area contributed by atoms with Crippen molar-refractivity contribution in [1.82, 2.24) is 15.1 Å². The molecule has 4 aromatic carbocycles. The number of benzene rings is 4. The zero-order valence-corrected chi connectivity index (χ0v) is 26.4. The molecule has 0 aromatic heterocycles. The number of carbonyl (C=O) groups excluding carboxylic acids is 1. The summed E-state index contributed by atoms with van der Waals surface area (Å²) in [6.07, 6.45) is 4.16. The van der Waals surface area contributed by atoms with Gasteiger partial charge in [-0.05, 0) is 73.0 Å². The Hall–Kier alpha value is -4.62. The molecule has 232 valence electrons. The van der Waals surface area contributed by atoms with Crippen LogP contribution in [0.1, 0.15) is 42.9 Å². The molecule has 6 rings (SSSR count). The molecule has 4 aromatic rings. The van der Waals surface area contributed by atoms with E-state index in [4.69, 9.17) is 9.73 Å². The Morgan fingerprint density at radius 3 is 2.29 bits per heavy atom. The van der Waals surface area contributed by atoms with Crippen molar-refractivity contribution in [3.8, 4) is 16.9 Å². The van der Waals surface area contributed by atoms with Crippen LogP contribution in [-0.4, -0.2) is 62.0 Å². The van der Waals surface area contributed by atoms with Crippen molar-refractivity contribution >= 4 is 23.2 Å². The highest BCUT2D eigenvalue weighted by Gasteiger charge is 2.34. The molecule has 7 heteroatoms. The normalized spacial score (nSPS) is 16.4. The van der Waals surface area contributed by atoms with Crippen LogP contribution in [0.5, 0.6) is 5.75 Å². The van der Waals surface area contributed by atoms with Crippen LogP contribution in [-0.2, 0) is 11.3 Å². The summed E-state index contributed by atoms with van der Waals surface area (Å²) in [7, 11) is 3.78. The van der Waals surface area contributed by atoms with Crippen molar-refractivity contribution in [2.24, 2.45) is 4.99 Å². The summed E-state index contributed by atoms with van der Waals surface area (Å²) >= 11 is 0. The number of fused-ring (bicyclic) bond motifs is 1. The smallest absolute Gasteiger partial charge is 0.222 e. The second-order valence-corrected chi connectivity index (χ2v) is 11.9. The summed E-state index contributed by atoms with van der Waals surface area (Å²) in [4.78, 5) is 25.9. The number of rotatable bonds is 10. The first-order valence-electron chi connectivity index (χ1n) is 16.0. The van der Waals surface area contributed by atoms with Gasteiger partial charge in [0.25, 0.3) is 0 Å². The van der Waals surface area contributed by atoms with E-state index in [9.17, 15) is 4.79 Å². The lowest BCUT2D eigenvalue weighted by Gasteiger charge is -2.41. The lowest BCUT2D eigenvalue weighted by Crippen LogP contribution is -2.49. The van der Waals surface area contributed by atoms with E-state index in [2.05, 4.69) is 87.7 Å². The molecule has 1 amide bonds. The zero-order valence-electron chi connectivity index (χ0n) is 26.4. The second kappa shape index (κ2) is 14.4. The maximum atomic E-state index is 13.6. The van der Waals surface area contributed by atoms with Gasteiger partial charge in [0.05, 0.1) is 25.3 Å². The molecule has 0 spiro atoms. The van der Waals surface area contributed by atoms with Gasteiger partial charge in [-0.15, -0.1) is 0 Å². The first kappa shape index (κ1) is 30.4. The number of nitrogens with zero attached hydrogens (tertiary/aromatic N) is 4. The zero-order chi connectivity index (χ0) is 31.0. The van der Waals surface area contributed by atoms with Crippen molar-refractivity contribution in [1.29, 1.82) is 0 Å². The Kier molecular flexibility index (Phi) is 9.76. The predicted molar refractivity (Wildman–Crippen MR) is 183 cm³/mol. The quantitative estimate of drug-likeness (QED) is 0.211. The summed E-state index contributed by atoms with van der Waals surface area (Å²) in [6, 6.07) is 34.9. The molecule has 1 atom stereocenters. The van der Waals surface area contributed by atoms with Crippen LogP contribution in [0.3, 0.4) is 0 Å². The van der Waals surface area contributed by atoms with Gasteiger partial charge in [-0.2, -0.15) is 0 Å². The number of ether oxygens (including phenoxy) is 1. The fourth-order valence-electron chi connectivity index (χ4n) is 6.29. The maximum Gasteiger partial charge on any atom is 0.222 e. The number of likely N-dealkylation sites (N-methyl/N-ethyl adjacent to an activating group) is 1. The van der Waals surface area contributed by atoms with Crippen LogP contribution in [0.4, 0.5) is 11.4 Å². The molecule has 1 saturated heterocycles. The number of aliphatic imine (C=N–C) groups is 1. The molecule has 0 saturated carbocycles. The second-order valence-electron chi connectivity index (χ2n) is 11.9. The fourth-order valence-corrected chi connectivity index (χ4v) is 6.29. The lowest BCUT2D eigenvalue weighted by atomic mass is 9.96. The lowest BCUT2D eigenvalue weighted by molar-refractivity contribution is -0.121. The molecular weight excluding hydrogens is 558 g/mol. The number of hydrogen-bond donors (Lipinski definition) is 1. The van der Waals surface area contributed by atoms with E-state index in [-0.39, 0.29) is 11.9 Å². The predicted octanol–water partition coefficient (Wildman–Crippen LogP) is 7.04. The summed E-state index contributed by atoms with van der Waals surface area (Å²) in [5.41, 5.74) is 6.35. The molecule has 45 heavy (non-hydrogen) atoms. The Morgan fingerprint density at radius 1 is 0.867 bits per heavy atom. The minimum absolute atomic E-state index is 0.00579. The highest BCUT2D eigenvalue weighted by Crippen LogP contribution is 2.40. The molecule has 0 aliphatic carbocycles. The average molecular weight is 602 g/mol. The third-order valence-electron chi connectivity index (χ3n) is 8.87. The van der Waals surface area contributed by atoms with E-state index in [0.717, 1.165) is 66.0 Å². The summed E-state index contributed by atoms with van der Waals surface area (Å²) in [5.74, 6) is 1.66. The van der Waals surface area contributed by atoms with Gasteiger partial charge in [-0.1, -0.05) is 79.2 Å². The van der Waals surface area contributed by atoms with Gasteiger partial charge in [0.1, 0.15) is 5.75 Å². The van der Waals surface area contributed by atoms with Gasteiger partial charge < -0.3 is 24.8 Å². The van der Waals surface area contributed by atoms with Gasteiger partial charge in [0.15, 0.2) is 0 Å². The molecule has 2 aliphatic heterocycles. The summed E-state index contributed by atoms with van der Waals surface area (Å²) < 4.78 is 5.29. The van der Waals surface area contributed by atoms with Crippen LogP contribution >= 0.6 is 0 Å². The van der Waals surface area contributed by atoms with Crippen molar-refractivity contribution in [3.05, 3.63) is 114 Å². The molecule has 0 bridgehead atoms. The molecular formula is C38H43N5O2. The fraction of sp³-hybridized carbons (Fsp3) is 0.316. The number of para-hydroxylation sites is 1. The van der Waals surface area contributed by atoms with Crippen molar-refractivity contribution in [2.45, 2.75) is 38.3 Å². The first-order valence-corrected chi connectivity index (χ1v) is 16.0. The number of nitrogens with one attached hydrogen (secondary N) is 1. The number of guanidine groups is 1. The summed E-state index contributed by atoms with van der Waals surface area (Å²) in [6.45, 7) is 4.62. The monoisotopic (exact) mass is 601 g/mol. The molecule has 7 nitrogen and oxygen atoms in total.